The van der Waals surface area contributed by atoms with Crippen LogP contribution in [-0.2, 0) is 9.59 Å². The predicted octanol–water partition coefficient (Wildman–Crippen LogP) is 2.41. The van der Waals surface area contributed by atoms with Crippen molar-refractivity contribution in [3.05, 3.63) is 29.8 Å². The van der Waals surface area contributed by atoms with E-state index in [1.54, 1.807) is 27.8 Å². The molecule has 1 fully saturated rings. The van der Waals surface area contributed by atoms with Gasteiger partial charge in [-0.3, -0.25) is 19.3 Å². The molecule has 1 aromatic rings. The number of fused-ring (bicyclic) bond motifs is 1. The van der Waals surface area contributed by atoms with Gasteiger partial charge < -0.3 is 24.3 Å². The Morgan fingerprint density at radius 3 is 2.42 bits per heavy atom. The van der Waals surface area contributed by atoms with Crippen LogP contribution in [0.15, 0.2) is 24.3 Å². The molecule has 2 heterocycles. The number of piperazine rings is 1. The van der Waals surface area contributed by atoms with Crippen LogP contribution < -0.4 is 4.74 Å². The molecule has 0 N–H and O–H groups in total. The van der Waals surface area contributed by atoms with Gasteiger partial charge in [-0.2, -0.15) is 0 Å². The van der Waals surface area contributed by atoms with E-state index in [0.717, 1.165) is 64.8 Å². The number of carbonyl (C=O) groups is 3. The molecule has 9 nitrogen and oxygen atoms in total. The molecule has 0 aliphatic carbocycles. The van der Waals surface area contributed by atoms with Crippen LogP contribution in [0.1, 0.15) is 55.8 Å². The van der Waals surface area contributed by atoms with Gasteiger partial charge in [-0.1, -0.05) is 19.1 Å². The lowest BCUT2D eigenvalue weighted by molar-refractivity contribution is -0.135. The Hall–Kier alpha value is -2.65. The standard InChI is InChI=1S/C29H47N5O4/c1-5-33-18-20-34(21-19-33)23-27(35)30(2)16-11-9-14-25-29(37)31(3)17-10-6-12-22-38-26-15-8-7-13-24(26)28(36)32(25)4/h7-8,13,15,25H,5-6,9-12,14,16-23H2,1-4H3/t25-/m0/s1. The van der Waals surface area contributed by atoms with Gasteiger partial charge in [0.2, 0.25) is 11.8 Å². The van der Waals surface area contributed by atoms with Crippen molar-refractivity contribution >= 4 is 17.7 Å². The summed E-state index contributed by atoms with van der Waals surface area (Å²) in [4.78, 5) is 49.4. The molecule has 0 saturated carbocycles. The first-order valence-electron chi connectivity index (χ1n) is 14.2. The van der Waals surface area contributed by atoms with E-state index < -0.39 is 6.04 Å². The van der Waals surface area contributed by atoms with E-state index in [-0.39, 0.29) is 17.7 Å². The highest BCUT2D eigenvalue weighted by Crippen LogP contribution is 2.23. The van der Waals surface area contributed by atoms with Crippen LogP contribution in [0.3, 0.4) is 0 Å². The van der Waals surface area contributed by atoms with Crippen molar-refractivity contribution in [1.29, 1.82) is 0 Å². The quantitative estimate of drug-likeness (QED) is 0.482. The molecule has 0 aromatic heterocycles. The van der Waals surface area contributed by atoms with Crippen molar-refractivity contribution < 1.29 is 19.1 Å². The second-order valence-electron chi connectivity index (χ2n) is 10.6. The number of ether oxygens (including phenoxy) is 1. The van der Waals surface area contributed by atoms with Gasteiger partial charge in [0, 0.05) is 60.4 Å². The number of carbonyl (C=O) groups excluding carboxylic acids is 3. The predicted molar refractivity (Wildman–Crippen MR) is 149 cm³/mol. The Morgan fingerprint density at radius 2 is 1.68 bits per heavy atom. The lowest BCUT2D eigenvalue weighted by atomic mass is 10.0. The maximum atomic E-state index is 13.5. The number of hydrogen-bond donors (Lipinski definition) is 0. The Labute approximate surface area is 228 Å². The number of para-hydroxylation sites is 1. The fourth-order valence-corrected chi connectivity index (χ4v) is 5.15. The van der Waals surface area contributed by atoms with Crippen molar-refractivity contribution in [2.75, 3.05) is 80.1 Å². The molecule has 1 saturated heterocycles. The SMILES string of the molecule is CCN1CCN(CC(=O)N(C)CCCC[C@H]2C(=O)N(C)CCCCCOc3ccccc3C(=O)N2C)CC1. The van der Waals surface area contributed by atoms with Crippen molar-refractivity contribution in [3.63, 3.8) is 0 Å². The van der Waals surface area contributed by atoms with Gasteiger partial charge in [0.05, 0.1) is 18.7 Å². The zero-order valence-corrected chi connectivity index (χ0v) is 23.9. The van der Waals surface area contributed by atoms with Crippen molar-refractivity contribution in [3.8, 4) is 5.75 Å². The third kappa shape index (κ3) is 8.43. The van der Waals surface area contributed by atoms with Crippen LogP contribution in [0.2, 0.25) is 0 Å². The first-order chi connectivity index (χ1) is 18.3. The Kier molecular flexibility index (Phi) is 11.9. The van der Waals surface area contributed by atoms with Crippen molar-refractivity contribution in [2.45, 2.75) is 51.5 Å². The lowest BCUT2D eigenvalue weighted by Crippen LogP contribution is -2.49. The molecule has 0 bridgehead atoms. The summed E-state index contributed by atoms with van der Waals surface area (Å²) in [6.07, 6.45) is 4.81. The number of amides is 3. The highest BCUT2D eigenvalue weighted by atomic mass is 16.5. The smallest absolute Gasteiger partial charge is 0.258 e. The maximum Gasteiger partial charge on any atom is 0.258 e. The monoisotopic (exact) mass is 529 g/mol. The minimum Gasteiger partial charge on any atom is -0.493 e. The van der Waals surface area contributed by atoms with Gasteiger partial charge in [-0.15, -0.1) is 0 Å². The van der Waals surface area contributed by atoms with Gasteiger partial charge in [0.1, 0.15) is 11.8 Å². The number of rotatable bonds is 8. The molecule has 1 aromatic carbocycles. The summed E-state index contributed by atoms with van der Waals surface area (Å²) in [5, 5.41) is 0. The molecule has 1 atom stereocenters. The van der Waals surface area contributed by atoms with Crippen LogP contribution in [0.25, 0.3) is 0 Å². The summed E-state index contributed by atoms with van der Waals surface area (Å²) in [6.45, 7) is 9.42. The fourth-order valence-electron chi connectivity index (χ4n) is 5.15. The zero-order chi connectivity index (χ0) is 27.5. The fraction of sp³-hybridized carbons (Fsp3) is 0.690. The summed E-state index contributed by atoms with van der Waals surface area (Å²) in [6, 6.07) is 6.72. The van der Waals surface area contributed by atoms with Crippen molar-refractivity contribution in [1.82, 2.24) is 24.5 Å². The van der Waals surface area contributed by atoms with E-state index in [2.05, 4.69) is 16.7 Å². The van der Waals surface area contributed by atoms with E-state index in [0.29, 0.717) is 44.0 Å². The molecule has 0 radical (unpaired) electrons. The summed E-state index contributed by atoms with van der Waals surface area (Å²) in [5.41, 5.74) is 0.486. The van der Waals surface area contributed by atoms with E-state index in [1.807, 2.05) is 32.3 Å². The first kappa shape index (κ1) is 29.9. The largest absolute Gasteiger partial charge is 0.493 e. The second kappa shape index (κ2) is 15.1. The van der Waals surface area contributed by atoms with Gasteiger partial charge >= 0.3 is 0 Å². The van der Waals surface area contributed by atoms with Crippen LogP contribution in [-0.4, -0.2) is 128 Å². The van der Waals surface area contributed by atoms with E-state index >= 15 is 0 Å². The molecule has 0 spiro atoms. The summed E-state index contributed by atoms with van der Waals surface area (Å²) >= 11 is 0. The maximum absolute atomic E-state index is 13.5. The van der Waals surface area contributed by atoms with Gasteiger partial charge in [-0.05, 0) is 57.2 Å². The summed E-state index contributed by atoms with van der Waals surface area (Å²) in [5.74, 6) is 0.465. The molecule has 0 unspecified atom stereocenters. The van der Waals surface area contributed by atoms with Gasteiger partial charge in [-0.25, -0.2) is 0 Å². The summed E-state index contributed by atoms with van der Waals surface area (Å²) < 4.78 is 5.93. The summed E-state index contributed by atoms with van der Waals surface area (Å²) in [7, 11) is 5.39. The van der Waals surface area contributed by atoms with Crippen molar-refractivity contribution in [2.24, 2.45) is 0 Å². The molecule has 38 heavy (non-hydrogen) atoms. The molecule has 9 heteroatoms. The van der Waals surface area contributed by atoms with E-state index in [9.17, 15) is 14.4 Å². The Balaban J connectivity index is 1.57. The minimum absolute atomic E-state index is 0.0332. The van der Waals surface area contributed by atoms with Gasteiger partial charge in [0.15, 0.2) is 0 Å². The van der Waals surface area contributed by atoms with Gasteiger partial charge in [0.25, 0.3) is 5.91 Å². The number of nitrogens with zero attached hydrogens (tertiary/aromatic N) is 5. The number of benzene rings is 1. The van der Waals surface area contributed by atoms with Crippen LogP contribution in [0, 0.1) is 0 Å². The van der Waals surface area contributed by atoms with Crippen LogP contribution >= 0.6 is 0 Å². The third-order valence-electron chi connectivity index (χ3n) is 7.88. The lowest BCUT2D eigenvalue weighted by Gasteiger charge is -2.34. The number of hydrogen-bond acceptors (Lipinski definition) is 6. The van der Waals surface area contributed by atoms with Crippen LogP contribution in [0.5, 0.6) is 5.75 Å². The van der Waals surface area contributed by atoms with E-state index in [4.69, 9.17) is 4.74 Å². The Bertz CT molecular complexity index is 918. The zero-order valence-electron chi connectivity index (χ0n) is 23.9. The minimum atomic E-state index is -0.558. The first-order valence-corrected chi connectivity index (χ1v) is 14.2. The molecule has 2 aliphatic heterocycles. The van der Waals surface area contributed by atoms with Crippen LogP contribution in [0.4, 0.5) is 0 Å². The highest BCUT2D eigenvalue weighted by molar-refractivity contribution is 5.99. The molecule has 3 amide bonds. The highest BCUT2D eigenvalue weighted by Gasteiger charge is 2.31. The molecule has 2 aliphatic rings. The molecule has 212 valence electrons. The normalized spacial score (nSPS) is 20.7. The second-order valence-corrected chi connectivity index (χ2v) is 10.6. The molecule has 3 rings (SSSR count). The average Bonchev–Trinajstić information content (AvgIpc) is 2.94. The topological polar surface area (TPSA) is 76.6 Å². The molecular formula is C29H47N5O4. The molecular weight excluding hydrogens is 482 g/mol. The number of likely N-dealkylation sites (N-methyl/N-ethyl adjacent to an activating group) is 4. The Morgan fingerprint density at radius 1 is 0.974 bits per heavy atom. The number of unbranched alkanes of at least 4 members (excludes halogenated alkanes) is 1. The third-order valence-corrected chi connectivity index (χ3v) is 7.88. The average molecular weight is 530 g/mol. The van der Waals surface area contributed by atoms with E-state index in [1.165, 1.54) is 0 Å².